The molecule has 0 rings (SSSR count). The van der Waals surface area contributed by atoms with Gasteiger partial charge in [-0.05, 0) is 12.8 Å². The zero-order valence-corrected chi connectivity index (χ0v) is 19.0. The highest BCUT2D eigenvalue weighted by Gasteiger charge is 2.05. The van der Waals surface area contributed by atoms with Crippen LogP contribution >= 0.6 is 0 Å². The predicted molar refractivity (Wildman–Crippen MR) is 119 cm³/mol. The standard InChI is InChI=1S/C14H30.C10H19NO2/c1-3-5-7-9-11-13-14-12-10-8-6-4-2;1-9(2)10(13)6-4-3-5-7-11-8-12/h3-14H2,1-2H3;8-9H,3-7H2,1-2H3,(H,11,12). The maximum Gasteiger partial charge on any atom is 0.207 e. The van der Waals surface area contributed by atoms with Gasteiger partial charge in [-0.25, -0.2) is 0 Å². The van der Waals surface area contributed by atoms with E-state index in [1.807, 2.05) is 13.8 Å². The number of hydrogen-bond donors (Lipinski definition) is 1. The molecule has 0 aliphatic heterocycles. The van der Waals surface area contributed by atoms with Crippen molar-refractivity contribution >= 4 is 12.2 Å². The monoisotopic (exact) mass is 383 g/mol. The molecular weight excluding hydrogens is 334 g/mol. The van der Waals surface area contributed by atoms with E-state index in [9.17, 15) is 9.59 Å². The van der Waals surface area contributed by atoms with E-state index < -0.39 is 0 Å². The van der Waals surface area contributed by atoms with Gasteiger partial charge in [0.25, 0.3) is 0 Å². The van der Waals surface area contributed by atoms with Crippen molar-refractivity contribution in [2.75, 3.05) is 6.54 Å². The number of hydrogen-bond acceptors (Lipinski definition) is 2. The van der Waals surface area contributed by atoms with Gasteiger partial charge in [-0.2, -0.15) is 0 Å². The highest BCUT2D eigenvalue weighted by atomic mass is 16.1. The van der Waals surface area contributed by atoms with Crippen molar-refractivity contribution < 1.29 is 9.59 Å². The van der Waals surface area contributed by atoms with Crippen LogP contribution in [-0.4, -0.2) is 18.7 Å². The van der Waals surface area contributed by atoms with Crippen LogP contribution in [-0.2, 0) is 9.59 Å². The first-order chi connectivity index (χ1) is 13.1. The summed E-state index contributed by atoms with van der Waals surface area (Å²) in [6, 6.07) is 0. The van der Waals surface area contributed by atoms with E-state index in [-0.39, 0.29) is 5.92 Å². The first-order valence-corrected chi connectivity index (χ1v) is 11.8. The Morgan fingerprint density at radius 3 is 1.48 bits per heavy atom. The molecular formula is C24H49NO2. The summed E-state index contributed by atoms with van der Waals surface area (Å²) in [5, 5.41) is 2.59. The fourth-order valence-electron chi connectivity index (χ4n) is 2.96. The summed E-state index contributed by atoms with van der Waals surface area (Å²) in [5.74, 6) is 0.497. The average Bonchev–Trinajstić information content (AvgIpc) is 2.66. The van der Waals surface area contributed by atoms with Crippen LogP contribution in [0.3, 0.4) is 0 Å². The molecule has 0 heterocycles. The van der Waals surface area contributed by atoms with Crippen LogP contribution in [0.5, 0.6) is 0 Å². The summed E-state index contributed by atoms with van der Waals surface area (Å²) in [5.41, 5.74) is 0. The number of unbranched alkanes of at least 4 members (excludes halogenated alkanes) is 13. The Bertz CT molecular complexity index is 291. The van der Waals surface area contributed by atoms with Crippen LogP contribution in [0.4, 0.5) is 0 Å². The van der Waals surface area contributed by atoms with E-state index in [2.05, 4.69) is 19.2 Å². The minimum Gasteiger partial charge on any atom is -0.359 e. The summed E-state index contributed by atoms with van der Waals surface area (Å²) >= 11 is 0. The average molecular weight is 384 g/mol. The summed E-state index contributed by atoms with van der Waals surface area (Å²) in [6.45, 7) is 9.15. The largest absolute Gasteiger partial charge is 0.359 e. The van der Waals surface area contributed by atoms with Crippen molar-refractivity contribution in [1.29, 1.82) is 0 Å². The predicted octanol–water partition coefficient (Wildman–Crippen LogP) is 7.23. The minimum atomic E-state index is 0.160. The number of carbonyl (C=O) groups excluding carboxylic acids is 2. The molecule has 0 aromatic carbocycles. The van der Waals surface area contributed by atoms with Gasteiger partial charge in [0, 0.05) is 18.9 Å². The van der Waals surface area contributed by atoms with E-state index in [4.69, 9.17) is 0 Å². The lowest BCUT2D eigenvalue weighted by atomic mass is 10.0. The lowest BCUT2D eigenvalue weighted by Gasteiger charge is -2.03. The first kappa shape index (κ1) is 28.4. The van der Waals surface area contributed by atoms with Crippen molar-refractivity contribution in [3.8, 4) is 0 Å². The van der Waals surface area contributed by atoms with Crippen molar-refractivity contribution in [3.05, 3.63) is 0 Å². The second-order valence-electron chi connectivity index (χ2n) is 8.04. The van der Waals surface area contributed by atoms with Crippen LogP contribution in [0, 0.1) is 5.92 Å². The molecule has 0 atom stereocenters. The summed E-state index contributed by atoms with van der Waals surface area (Å²) in [4.78, 5) is 21.0. The van der Waals surface area contributed by atoms with E-state index in [0.717, 1.165) is 25.8 Å². The maximum absolute atomic E-state index is 11.2. The quantitative estimate of drug-likeness (QED) is 0.189. The fourth-order valence-corrected chi connectivity index (χ4v) is 2.96. The molecule has 0 aromatic rings. The van der Waals surface area contributed by atoms with E-state index in [1.165, 1.54) is 77.0 Å². The van der Waals surface area contributed by atoms with Crippen LogP contribution in [0.2, 0.25) is 0 Å². The van der Waals surface area contributed by atoms with Crippen molar-refractivity contribution in [1.82, 2.24) is 5.32 Å². The second kappa shape index (κ2) is 25.1. The molecule has 0 aromatic heterocycles. The Morgan fingerprint density at radius 2 is 1.11 bits per heavy atom. The Balaban J connectivity index is 0. The molecule has 162 valence electrons. The van der Waals surface area contributed by atoms with Gasteiger partial charge >= 0.3 is 0 Å². The lowest BCUT2D eigenvalue weighted by Crippen LogP contribution is -2.12. The Labute approximate surface area is 170 Å². The lowest BCUT2D eigenvalue weighted by molar-refractivity contribution is -0.122. The number of Topliss-reactive ketones (excluding diaryl/α,β-unsaturated/α-hetero) is 1. The molecule has 1 N–H and O–H groups in total. The molecule has 3 heteroatoms. The molecule has 0 spiro atoms. The number of carbonyl (C=O) groups is 2. The van der Waals surface area contributed by atoms with Crippen molar-refractivity contribution in [3.63, 3.8) is 0 Å². The van der Waals surface area contributed by atoms with Crippen LogP contribution in [0.1, 0.15) is 130 Å². The van der Waals surface area contributed by atoms with Gasteiger partial charge in [0.2, 0.25) is 6.41 Å². The molecule has 0 bridgehead atoms. The highest BCUT2D eigenvalue weighted by molar-refractivity contribution is 5.80. The van der Waals surface area contributed by atoms with Gasteiger partial charge in [0.1, 0.15) is 5.78 Å². The third-order valence-corrected chi connectivity index (χ3v) is 4.93. The third-order valence-electron chi connectivity index (χ3n) is 4.93. The van der Waals surface area contributed by atoms with Gasteiger partial charge in [0.15, 0.2) is 0 Å². The van der Waals surface area contributed by atoms with E-state index in [0.29, 0.717) is 18.6 Å². The zero-order valence-electron chi connectivity index (χ0n) is 19.0. The summed E-state index contributed by atoms with van der Waals surface area (Å²) < 4.78 is 0. The molecule has 0 saturated carbocycles. The number of amides is 1. The molecule has 1 amide bonds. The van der Waals surface area contributed by atoms with E-state index in [1.54, 1.807) is 0 Å². The molecule has 0 fully saturated rings. The zero-order chi connectivity index (χ0) is 20.6. The number of rotatable bonds is 19. The Hall–Kier alpha value is -0.860. The van der Waals surface area contributed by atoms with Gasteiger partial charge < -0.3 is 5.32 Å². The molecule has 0 aliphatic carbocycles. The second-order valence-corrected chi connectivity index (χ2v) is 8.04. The normalized spacial score (nSPS) is 10.4. The van der Waals surface area contributed by atoms with Gasteiger partial charge in [-0.3, -0.25) is 9.59 Å². The van der Waals surface area contributed by atoms with E-state index >= 15 is 0 Å². The van der Waals surface area contributed by atoms with Crippen LogP contribution in [0.25, 0.3) is 0 Å². The first-order valence-electron chi connectivity index (χ1n) is 11.8. The van der Waals surface area contributed by atoms with Crippen LogP contribution < -0.4 is 5.32 Å². The van der Waals surface area contributed by atoms with Crippen molar-refractivity contribution in [2.24, 2.45) is 5.92 Å². The Morgan fingerprint density at radius 1 is 0.704 bits per heavy atom. The Kier molecular flexibility index (Phi) is 26.4. The smallest absolute Gasteiger partial charge is 0.207 e. The topological polar surface area (TPSA) is 46.2 Å². The molecule has 0 saturated heterocycles. The van der Waals surface area contributed by atoms with Crippen molar-refractivity contribution in [2.45, 2.75) is 130 Å². The minimum absolute atomic E-state index is 0.160. The maximum atomic E-state index is 11.2. The SMILES string of the molecule is CC(C)C(=O)CCCCCNC=O.CCCCCCCCCCCCCC. The third kappa shape index (κ3) is 27.5. The fraction of sp³-hybridized carbons (Fsp3) is 0.917. The molecule has 0 radical (unpaired) electrons. The van der Waals surface area contributed by atoms with Gasteiger partial charge in [-0.15, -0.1) is 0 Å². The highest BCUT2D eigenvalue weighted by Crippen LogP contribution is 2.11. The number of nitrogens with one attached hydrogen (secondary N) is 1. The number of ketones is 1. The van der Waals surface area contributed by atoms with Crippen LogP contribution in [0.15, 0.2) is 0 Å². The molecule has 27 heavy (non-hydrogen) atoms. The molecule has 3 nitrogen and oxygen atoms in total. The summed E-state index contributed by atoms with van der Waals surface area (Å²) in [6.07, 6.45) is 21.7. The van der Waals surface area contributed by atoms with Gasteiger partial charge in [0.05, 0.1) is 0 Å². The van der Waals surface area contributed by atoms with Gasteiger partial charge in [-0.1, -0.05) is 111 Å². The summed E-state index contributed by atoms with van der Waals surface area (Å²) in [7, 11) is 0. The molecule has 0 unspecified atom stereocenters. The molecule has 0 aliphatic rings.